The SMILES string of the molecule is CCCCOCCOCCNC(=NC)NCCN1CCCCC1CC.I. The first-order chi connectivity index (χ1) is 12.3. The van der Waals surface area contributed by atoms with Gasteiger partial charge in [-0.05, 0) is 32.2 Å². The summed E-state index contributed by atoms with van der Waals surface area (Å²) in [4.78, 5) is 6.89. The van der Waals surface area contributed by atoms with Crippen molar-refractivity contribution in [2.75, 3.05) is 59.7 Å². The van der Waals surface area contributed by atoms with Crippen LogP contribution in [-0.2, 0) is 9.47 Å². The van der Waals surface area contributed by atoms with Gasteiger partial charge >= 0.3 is 0 Å². The molecular weight excluding hydrogens is 443 g/mol. The minimum Gasteiger partial charge on any atom is -0.379 e. The standard InChI is InChI=1S/C19H40N4O2.HI/c1-4-6-14-24-16-17-25-15-11-22-19(20-3)21-10-13-23-12-8-7-9-18(23)5-2;/h18H,4-17H2,1-3H3,(H2,20,21,22);1H. The molecule has 26 heavy (non-hydrogen) atoms. The van der Waals surface area contributed by atoms with Crippen molar-refractivity contribution in [2.45, 2.75) is 58.4 Å². The average Bonchev–Trinajstić information content (AvgIpc) is 2.65. The van der Waals surface area contributed by atoms with Crippen LogP contribution < -0.4 is 10.6 Å². The molecule has 0 aromatic carbocycles. The molecule has 0 spiro atoms. The van der Waals surface area contributed by atoms with Crippen molar-refractivity contribution in [3.63, 3.8) is 0 Å². The third-order valence-corrected chi connectivity index (χ3v) is 4.69. The fourth-order valence-corrected chi connectivity index (χ4v) is 3.17. The number of rotatable bonds is 13. The first kappa shape index (κ1) is 25.9. The molecule has 1 heterocycles. The van der Waals surface area contributed by atoms with Crippen molar-refractivity contribution >= 4 is 29.9 Å². The maximum absolute atomic E-state index is 5.56. The molecule has 156 valence electrons. The van der Waals surface area contributed by atoms with E-state index in [1.54, 1.807) is 0 Å². The third kappa shape index (κ3) is 12.3. The minimum atomic E-state index is 0. The summed E-state index contributed by atoms with van der Waals surface area (Å²) < 4.78 is 11.0. The number of hydrogen-bond acceptors (Lipinski definition) is 4. The number of unbranched alkanes of at least 4 members (excludes halogenated alkanes) is 1. The lowest BCUT2D eigenvalue weighted by atomic mass is 10.0. The Balaban J connectivity index is 0.00000625. The summed E-state index contributed by atoms with van der Waals surface area (Å²) in [6.45, 7) is 11.3. The second-order valence-electron chi connectivity index (χ2n) is 6.60. The molecule has 0 radical (unpaired) electrons. The van der Waals surface area contributed by atoms with E-state index in [0.717, 1.165) is 44.7 Å². The monoisotopic (exact) mass is 484 g/mol. The maximum Gasteiger partial charge on any atom is 0.191 e. The second kappa shape index (κ2) is 18.3. The van der Waals surface area contributed by atoms with Crippen molar-refractivity contribution in [3.05, 3.63) is 0 Å². The molecule has 1 unspecified atom stereocenters. The number of likely N-dealkylation sites (tertiary alicyclic amines) is 1. The Morgan fingerprint density at radius 2 is 1.77 bits per heavy atom. The van der Waals surface area contributed by atoms with Crippen LogP contribution >= 0.6 is 24.0 Å². The smallest absolute Gasteiger partial charge is 0.191 e. The number of halogens is 1. The van der Waals surface area contributed by atoms with E-state index < -0.39 is 0 Å². The molecule has 2 N–H and O–H groups in total. The van der Waals surface area contributed by atoms with Gasteiger partial charge in [0.05, 0.1) is 19.8 Å². The predicted molar refractivity (Wildman–Crippen MR) is 121 cm³/mol. The molecule has 0 aromatic rings. The highest BCUT2D eigenvalue weighted by molar-refractivity contribution is 14.0. The van der Waals surface area contributed by atoms with Crippen molar-refractivity contribution in [1.82, 2.24) is 15.5 Å². The molecule has 0 bridgehead atoms. The van der Waals surface area contributed by atoms with Crippen LogP contribution in [0.3, 0.4) is 0 Å². The number of nitrogens with zero attached hydrogens (tertiary/aromatic N) is 2. The number of ether oxygens (including phenoxy) is 2. The Morgan fingerprint density at radius 3 is 2.46 bits per heavy atom. The number of hydrogen-bond donors (Lipinski definition) is 2. The van der Waals surface area contributed by atoms with Gasteiger partial charge in [0.15, 0.2) is 5.96 Å². The van der Waals surface area contributed by atoms with Crippen LogP contribution in [0.5, 0.6) is 0 Å². The largest absolute Gasteiger partial charge is 0.379 e. The highest BCUT2D eigenvalue weighted by Crippen LogP contribution is 2.18. The molecule has 1 aliphatic rings. The summed E-state index contributed by atoms with van der Waals surface area (Å²) >= 11 is 0. The first-order valence-corrected chi connectivity index (χ1v) is 10.2. The van der Waals surface area contributed by atoms with E-state index in [4.69, 9.17) is 9.47 Å². The van der Waals surface area contributed by atoms with Crippen LogP contribution in [0.2, 0.25) is 0 Å². The summed E-state index contributed by atoms with van der Waals surface area (Å²) in [6, 6.07) is 0.762. The zero-order chi connectivity index (χ0) is 18.2. The first-order valence-electron chi connectivity index (χ1n) is 10.2. The molecule has 1 saturated heterocycles. The van der Waals surface area contributed by atoms with Gasteiger partial charge in [-0.25, -0.2) is 0 Å². The molecular formula is C19H41IN4O2. The van der Waals surface area contributed by atoms with Crippen molar-refractivity contribution in [1.29, 1.82) is 0 Å². The average molecular weight is 484 g/mol. The summed E-state index contributed by atoms with van der Waals surface area (Å²) in [7, 11) is 1.81. The number of guanidine groups is 1. The third-order valence-electron chi connectivity index (χ3n) is 4.69. The second-order valence-corrected chi connectivity index (χ2v) is 6.60. The highest BCUT2D eigenvalue weighted by Gasteiger charge is 2.19. The number of piperidine rings is 1. The van der Waals surface area contributed by atoms with Crippen LogP contribution in [0.25, 0.3) is 0 Å². The molecule has 6 nitrogen and oxygen atoms in total. The van der Waals surface area contributed by atoms with Gasteiger partial charge in [-0.3, -0.25) is 9.89 Å². The van der Waals surface area contributed by atoms with E-state index in [2.05, 4.69) is 34.4 Å². The quantitative estimate of drug-likeness (QED) is 0.182. The Hall–Kier alpha value is -0.120. The lowest BCUT2D eigenvalue weighted by Crippen LogP contribution is -2.46. The van der Waals surface area contributed by atoms with Crippen LogP contribution in [0, 0.1) is 0 Å². The molecule has 1 atom stereocenters. The van der Waals surface area contributed by atoms with E-state index in [1.807, 2.05) is 7.05 Å². The van der Waals surface area contributed by atoms with Crippen molar-refractivity contribution in [2.24, 2.45) is 4.99 Å². The van der Waals surface area contributed by atoms with Gasteiger partial charge < -0.3 is 20.1 Å². The van der Waals surface area contributed by atoms with Crippen molar-refractivity contribution < 1.29 is 9.47 Å². The number of aliphatic imine (C=N–C) groups is 1. The molecule has 0 amide bonds. The van der Waals surface area contributed by atoms with E-state index in [1.165, 1.54) is 38.6 Å². The van der Waals surface area contributed by atoms with E-state index >= 15 is 0 Å². The van der Waals surface area contributed by atoms with E-state index in [9.17, 15) is 0 Å². The lowest BCUT2D eigenvalue weighted by molar-refractivity contribution is 0.0487. The van der Waals surface area contributed by atoms with E-state index in [-0.39, 0.29) is 24.0 Å². The molecule has 0 aliphatic carbocycles. The Kier molecular flexibility index (Phi) is 18.2. The molecule has 0 saturated carbocycles. The zero-order valence-corrected chi connectivity index (χ0v) is 19.4. The molecule has 0 aromatic heterocycles. The lowest BCUT2D eigenvalue weighted by Gasteiger charge is -2.35. The predicted octanol–water partition coefficient (Wildman–Crippen LogP) is 2.87. The molecule has 1 fully saturated rings. The van der Waals surface area contributed by atoms with Crippen LogP contribution in [0.4, 0.5) is 0 Å². The highest BCUT2D eigenvalue weighted by atomic mass is 127. The Bertz CT molecular complexity index is 346. The minimum absolute atomic E-state index is 0. The van der Waals surface area contributed by atoms with E-state index in [0.29, 0.717) is 19.8 Å². The topological polar surface area (TPSA) is 58.1 Å². The summed E-state index contributed by atoms with van der Waals surface area (Å²) in [5, 5.41) is 6.70. The molecule has 7 heteroatoms. The fraction of sp³-hybridized carbons (Fsp3) is 0.947. The zero-order valence-electron chi connectivity index (χ0n) is 17.1. The fourth-order valence-electron chi connectivity index (χ4n) is 3.17. The molecule has 1 aliphatic heterocycles. The normalized spacial score (nSPS) is 18.4. The van der Waals surface area contributed by atoms with Crippen molar-refractivity contribution in [3.8, 4) is 0 Å². The van der Waals surface area contributed by atoms with Crippen LogP contribution in [0.1, 0.15) is 52.4 Å². The van der Waals surface area contributed by atoms with Gasteiger partial charge in [0, 0.05) is 39.3 Å². The van der Waals surface area contributed by atoms with Gasteiger partial charge in [0.25, 0.3) is 0 Å². The van der Waals surface area contributed by atoms with Gasteiger partial charge in [-0.15, -0.1) is 24.0 Å². The number of nitrogens with one attached hydrogen (secondary N) is 2. The molecule has 1 rings (SSSR count). The van der Waals surface area contributed by atoms with Gasteiger partial charge in [-0.1, -0.05) is 26.7 Å². The Morgan fingerprint density at radius 1 is 1.04 bits per heavy atom. The van der Waals surface area contributed by atoms with Gasteiger partial charge in [0.2, 0.25) is 0 Å². The van der Waals surface area contributed by atoms with Gasteiger partial charge in [0.1, 0.15) is 0 Å². The Labute approximate surface area is 177 Å². The van der Waals surface area contributed by atoms with Crippen LogP contribution in [-0.4, -0.2) is 76.6 Å². The van der Waals surface area contributed by atoms with Crippen LogP contribution in [0.15, 0.2) is 4.99 Å². The maximum atomic E-state index is 5.56. The summed E-state index contributed by atoms with van der Waals surface area (Å²) in [6.07, 6.45) is 7.63. The summed E-state index contributed by atoms with van der Waals surface area (Å²) in [5.74, 6) is 0.854. The summed E-state index contributed by atoms with van der Waals surface area (Å²) in [5.41, 5.74) is 0. The van der Waals surface area contributed by atoms with Gasteiger partial charge in [-0.2, -0.15) is 0 Å².